The van der Waals surface area contributed by atoms with Crippen LogP contribution in [0.3, 0.4) is 0 Å². The minimum absolute atomic E-state index is 0.112. The van der Waals surface area contributed by atoms with Crippen LogP contribution >= 0.6 is 0 Å². The number of hydrogen-bond donors (Lipinski definition) is 1. The number of fused-ring (bicyclic) bond motifs is 1. The maximum atomic E-state index is 10.6. The molecule has 0 bridgehead atoms. The number of nitrogens with zero attached hydrogens (tertiary/aromatic N) is 2. The molecule has 2 saturated heterocycles. The van der Waals surface area contributed by atoms with Crippen molar-refractivity contribution in [2.75, 3.05) is 32.7 Å². The molecule has 0 spiro atoms. The monoisotopic (exact) mass is 280 g/mol. The first-order chi connectivity index (χ1) is 9.56. The highest BCUT2D eigenvalue weighted by Crippen LogP contribution is 2.39. The summed E-state index contributed by atoms with van der Waals surface area (Å²) in [4.78, 5) is 5.35. The molecule has 3 nitrogen and oxygen atoms in total. The van der Waals surface area contributed by atoms with E-state index in [-0.39, 0.29) is 11.5 Å². The first-order valence-electron chi connectivity index (χ1n) is 8.71. The van der Waals surface area contributed by atoms with Gasteiger partial charge >= 0.3 is 0 Å². The smallest absolute Gasteiger partial charge is 0.0631 e. The number of aliphatic hydroxyl groups is 1. The van der Waals surface area contributed by atoms with Crippen LogP contribution in [0.1, 0.15) is 52.4 Å². The highest BCUT2D eigenvalue weighted by Gasteiger charge is 2.39. The lowest BCUT2D eigenvalue weighted by molar-refractivity contribution is -0.0432. The summed E-state index contributed by atoms with van der Waals surface area (Å²) in [5.41, 5.74) is 0.119. The third kappa shape index (κ3) is 3.05. The average molecular weight is 280 g/mol. The lowest BCUT2D eigenvalue weighted by atomic mass is 9.69. The molecule has 1 saturated carbocycles. The van der Waals surface area contributed by atoms with Crippen molar-refractivity contribution in [2.45, 2.75) is 64.5 Å². The van der Waals surface area contributed by atoms with Crippen LogP contribution in [0.25, 0.3) is 0 Å². The molecular formula is C17H32N2O. The van der Waals surface area contributed by atoms with Gasteiger partial charge in [-0.15, -0.1) is 0 Å². The molecule has 0 amide bonds. The standard InChI is InChI=1S/C17H32N2O/c1-17(2)8-3-6-14(16(17)20)12-18-9-5-11-19-10-4-7-15(19)13-18/h14-16,20H,3-13H2,1-2H3. The second-order valence-corrected chi connectivity index (χ2v) is 8.03. The second-order valence-electron chi connectivity index (χ2n) is 8.03. The van der Waals surface area contributed by atoms with Crippen molar-refractivity contribution in [3.63, 3.8) is 0 Å². The minimum atomic E-state index is -0.112. The van der Waals surface area contributed by atoms with E-state index in [1.165, 1.54) is 64.7 Å². The quantitative estimate of drug-likeness (QED) is 0.841. The summed E-state index contributed by atoms with van der Waals surface area (Å²) < 4.78 is 0. The van der Waals surface area contributed by atoms with Gasteiger partial charge in [-0.25, -0.2) is 0 Å². The highest BCUT2D eigenvalue weighted by molar-refractivity contribution is 4.91. The summed E-state index contributed by atoms with van der Waals surface area (Å²) in [6.45, 7) is 10.7. The fourth-order valence-electron chi connectivity index (χ4n) is 4.74. The van der Waals surface area contributed by atoms with E-state index in [1.807, 2.05) is 0 Å². The van der Waals surface area contributed by atoms with E-state index in [2.05, 4.69) is 23.6 Å². The van der Waals surface area contributed by atoms with Crippen LogP contribution in [0.2, 0.25) is 0 Å². The van der Waals surface area contributed by atoms with E-state index in [0.717, 1.165) is 12.6 Å². The molecular weight excluding hydrogens is 248 g/mol. The Bertz CT molecular complexity index is 331. The molecule has 3 rings (SSSR count). The molecule has 0 aromatic rings. The van der Waals surface area contributed by atoms with Crippen LogP contribution < -0.4 is 0 Å². The van der Waals surface area contributed by atoms with Gasteiger partial charge in [-0.05, 0) is 63.1 Å². The van der Waals surface area contributed by atoms with Gasteiger partial charge in [0.25, 0.3) is 0 Å². The summed E-state index contributed by atoms with van der Waals surface area (Å²) in [6.07, 6.45) is 7.66. The van der Waals surface area contributed by atoms with E-state index in [9.17, 15) is 5.11 Å². The first kappa shape index (κ1) is 14.8. The summed E-state index contributed by atoms with van der Waals surface area (Å²) in [7, 11) is 0. The van der Waals surface area contributed by atoms with Crippen LogP contribution in [0, 0.1) is 11.3 Å². The van der Waals surface area contributed by atoms with Gasteiger partial charge in [-0.3, -0.25) is 4.90 Å². The van der Waals surface area contributed by atoms with Gasteiger partial charge in [0.2, 0.25) is 0 Å². The van der Waals surface area contributed by atoms with E-state index in [4.69, 9.17) is 0 Å². The first-order valence-corrected chi connectivity index (χ1v) is 8.71. The molecule has 3 unspecified atom stereocenters. The molecule has 116 valence electrons. The van der Waals surface area contributed by atoms with Crippen molar-refractivity contribution in [3.05, 3.63) is 0 Å². The lowest BCUT2D eigenvalue weighted by Gasteiger charge is -2.42. The Morgan fingerprint density at radius 3 is 2.70 bits per heavy atom. The van der Waals surface area contributed by atoms with Gasteiger partial charge < -0.3 is 10.0 Å². The third-order valence-electron chi connectivity index (χ3n) is 6.02. The third-order valence-corrected chi connectivity index (χ3v) is 6.02. The normalized spacial score (nSPS) is 39.5. The van der Waals surface area contributed by atoms with Gasteiger partial charge in [0.15, 0.2) is 0 Å². The van der Waals surface area contributed by atoms with Crippen LogP contribution in [-0.4, -0.2) is 59.8 Å². The Labute approximate surface area is 124 Å². The lowest BCUT2D eigenvalue weighted by Crippen LogP contribution is -2.46. The van der Waals surface area contributed by atoms with Crippen molar-refractivity contribution >= 4 is 0 Å². The fraction of sp³-hybridized carbons (Fsp3) is 1.00. The Balaban J connectivity index is 1.59. The molecule has 0 aromatic carbocycles. The summed E-state index contributed by atoms with van der Waals surface area (Å²) >= 11 is 0. The van der Waals surface area contributed by atoms with Gasteiger partial charge in [0, 0.05) is 19.1 Å². The van der Waals surface area contributed by atoms with Crippen molar-refractivity contribution in [2.24, 2.45) is 11.3 Å². The van der Waals surface area contributed by atoms with Gasteiger partial charge in [0.05, 0.1) is 6.10 Å². The van der Waals surface area contributed by atoms with E-state index >= 15 is 0 Å². The van der Waals surface area contributed by atoms with Crippen molar-refractivity contribution in [1.29, 1.82) is 0 Å². The van der Waals surface area contributed by atoms with Crippen molar-refractivity contribution < 1.29 is 5.11 Å². The zero-order valence-corrected chi connectivity index (χ0v) is 13.4. The zero-order valence-electron chi connectivity index (χ0n) is 13.4. The number of rotatable bonds is 2. The number of hydrogen-bond acceptors (Lipinski definition) is 3. The predicted octanol–water partition coefficient (Wildman–Crippen LogP) is 2.34. The molecule has 20 heavy (non-hydrogen) atoms. The second kappa shape index (κ2) is 5.94. The number of aliphatic hydroxyl groups excluding tert-OH is 1. The Morgan fingerprint density at radius 2 is 1.85 bits per heavy atom. The SMILES string of the molecule is CC1(C)CCCC(CN2CCCN3CCCC3C2)C1O. The Hall–Kier alpha value is -0.120. The van der Waals surface area contributed by atoms with Crippen LogP contribution in [0.5, 0.6) is 0 Å². The van der Waals surface area contributed by atoms with Gasteiger partial charge in [-0.2, -0.15) is 0 Å². The maximum Gasteiger partial charge on any atom is 0.0631 e. The topological polar surface area (TPSA) is 26.7 Å². The van der Waals surface area contributed by atoms with Crippen LogP contribution in [-0.2, 0) is 0 Å². The van der Waals surface area contributed by atoms with E-state index in [1.54, 1.807) is 0 Å². The Kier molecular flexibility index (Phi) is 4.40. The van der Waals surface area contributed by atoms with Crippen molar-refractivity contribution in [3.8, 4) is 0 Å². The average Bonchev–Trinajstić information content (AvgIpc) is 2.74. The predicted molar refractivity (Wildman–Crippen MR) is 82.8 cm³/mol. The molecule has 3 heteroatoms. The summed E-state index contributed by atoms with van der Waals surface area (Å²) in [5, 5.41) is 10.6. The minimum Gasteiger partial charge on any atom is -0.392 e. The van der Waals surface area contributed by atoms with Crippen molar-refractivity contribution in [1.82, 2.24) is 9.80 Å². The van der Waals surface area contributed by atoms with E-state index < -0.39 is 0 Å². The zero-order chi connectivity index (χ0) is 14.2. The summed E-state index contributed by atoms with van der Waals surface area (Å²) in [5.74, 6) is 0.492. The molecule has 3 fully saturated rings. The molecule has 0 radical (unpaired) electrons. The van der Waals surface area contributed by atoms with E-state index in [0.29, 0.717) is 5.92 Å². The molecule has 2 aliphatic heterocycles. The van der Waals surface area contributed by atoms with Crippen LogP contribution in [0.4, 0.5) is 0 Å². The summed E-state index contributed by atoms with van der Waals surface area (Å²) in [6, 6.07) is 0.797. The highest BCUT2D eigenvalue weighted by atomic mass is 16.3. The van der Waals surface area contributed by atoms with Crippen LogP contribution in [0.15, 0.2) is 0 Å². The maximum absolute atomic E-state index is 10.6. The molecule has 3 aliphatic rings. The Morgan fingerprint density at radius 1 is 1.05 bits per heavy atom. The molecule has 1 N–H and O–H groups in total. The van der Waals surface area contributed by atoms with Gasteiger partial charge in [-0.1, -0.05) is 20.3 Å². The largest absolute Gasteiger partial charge is 0.392 e. The molecule has 3 atom stereocenters. The fourth-order valence-corrected chi connectivity index (χ4v) is 4.74. The van der Waals surface area contributed by atoms with Gasteiger partial charge in [0.1, 0.15) is 0 Å². The molecule has 0 aromatic heterocycles. The molecule has 1 aliphatic carbocycles. The molecule has 2 heterocycles.